The Morgan fingerprint density at radius 1 is 0.938 bits per heavy atom. The van der Waals surface area contributed by atoms with Gasteiger partial charge in [-0.25, -0.2) is 0 Å². The maximum atomic E-state index is 12.9. The number of nitrogens with zero attached hydrogens (tertiary/aromatic N) is 6. The number of fused-ring (bicyclic) bond motifs is 5. The van der Waals surface area contributed by atoms with Gasteiger partial charge in [0.15, 0.2) is 0 Å². The molecule has 1 aromatic carbocycles. The molecule has 166 valence electrons. The van der Waals surface area contributed by atoms with E-state index in [2.05, 4.69) is 15.4 Å². The first-order chi connectivity index (χ1) is 15.6. The summed E-state index contributed by atoms with van der Waals surface area (Å²) in [6.07, 6.45) is 4.52. The van der Waals surface area contributed by atoms with Gasteiger partial charge < -0.3 is 4.90 Å². The molecule has 0 spiro atoms. The number of amides is 3. The Hall–Kier alpha value is -3.10. The number of carbonyl (C=O) groups is 3. The van der Waals surface area contributed by atoms with Gasteiger partial charge in [0.25, 0.3) is 0 Å². The van der Waals surface area contributed by atoms with E-state index in [-0.39, 0.29) is 42.1 Å². The summed E-state index contributed by atoms with van der Waals surface area (Å²) < 4.78 is 0. The molecule has 3 heterocycles. The van der Waals surface area contributed by atoms with Gasteiger partial charge in [-0.05, 0) is 49.2 Å². The minimum atomic E-state index is -0.169. The molecule has 2 aromatic rings. The molecule has 3 amide bonds. The van der Waals surface area contributed by atoms with Crippen LogP contribution in [-0.4, -0.2) is 67.4 Å². The van der Waals surface area contributed by atoms with Crippen LogP contribution in [0.3, 0.4) is 0 Å². The average Bonchev–Trinajstić information content (AvgIpc) is 3.61. The third kappa shape index (κ3) is 3.05. The number of benzene rings is 1. The highest BCUT2D eigenvalue weighted by Crippen LogP contribution is 2.56. The minimum absolute atomic E-state index is 0.0778. The van der Waals surface area contributed by atoms with Gasteiger partial charge in [0.05, 0.1) is 17.9 Å². The molecule has 4 atom stereocenters. The summed E-state index contributed by atoms with van der Waals surface area (Å²) in [5.41, 5.74) is 0.921. The Balaban J connectivity index is 1.06. The Kier molecular flexibility index (Phi) is 4.58. The molecule has 0 radical (unpaired) electrons. The lowest BCUT2D eigenvalue weighted by molar-refractivity contribution is -0.147. The van der Waals surface area contributed by atoms with Crippen molar-refractivity contribution in [2.45, 2.75) is 38.1 Å². The summed E-state index contributed by atoms with van der Waals surface area (Å²) in [7, 11) is 0. The Morgan fingerprint density at radius 3 is 2.25 bits per heavy atom. The Bertz CT molecular complexity index is 1030. The lowest BCUT2D eigenvalue weighted by atomic mass is 9.81. The van der Waals surface area contributed by atoms with Crippen molar-refractivity contribution in [3.05, 3.63) is 30.3 Å². The molecule has 2 aliphatic heterocycles. The molecule has 2 saturated carbocycles. The number of imide groups is 1. The predicted octanol–water partition coefficient (Wildman–Crippen LogP) is 1.53. The van der Waals surface area contributed by atoms with Crippen LogP contribution >= 0.6 is 0 Å². The molecule has 2 aliphatic carbocycles. The van der Waals surface area contributed by atoms with E-state index in [1.165, 1.54) is 4.90 Å². The standard InChI is InChI=1S/C23H26N6O3/c30-18(13-28-22(31)19-15-6-7-16(12-15)20(19)23(28)32)27-10-8-17(9-11-27)29-25-21(24-26-29)14-4-2-1-3-5-14/h1-5,15-17,19-20H,6-13H2/t15-,16-,19-,20-/m0/s1. The van der Waals surface area contributed by atoms with E-state index in [0.29, 0.717) is 43.6 Å². The molecule has 6 rings (SSSR count). The molecule has 2 bridgehead atoms. The summed E-state index contributed by atoms with van der Waals surface area (Å²) in [6.45, 7) is 0.995. The van der Waals surface area contributed by atoms with Crippen molar-refractivity contribution in [2.24, 2.45) is 23.7 Å². The van der Waals surface area contributed by atoms with Crippen LogP contribution in [0.1, 0.15) is 38.1 Å². The number of tetrazole rings is 1. The van der Waals surface area contributed by atoms with Gasteiger partial charge in [0.2, 0.25) is 23.5 Å². The highest BCUT2D eigenvalue weighted by molar-refractivity contribution is 6.08. The molecule has 1 aromatic heterocycles. The molecule has 32 heavy (non-hydrogen) atoms. The van der Waals surface area contributed by atoms with E-state index in [0.717, 1.165) is 24.8 Å². The normalized spacial score (nSPS) is 29.8. The van der Waals surface area contributed by atoms with Crippen molar-refractivity contribution in [1.82, 2.24) is 30.0 Å². The minimum Gasteiger partial charge on any atom is -0.341 e. The first-order valence-corrected chi connectivity index (χ1v) is 11.6. The lowest BCUT2D eigenvalue weighted by Gasteiger charge is -2.32. The molecule has 9 nitrogen and oxygen atoms in total. The van der Waals surface area contributed by atoms with E-state index >= 15 is 0 Å². The van der Waals surface area contributed by atoms with Crippen molar-refractivity contribution < 1.29 is 14.4 Å². The smallest absolute Gasteiger partial charge is 0.242 e. The van der Waals surface area contributed by atoms with Crippen molar-refractivity contribution >= 4 is 17.7 Å². The average molecular weight is 435 g/mol. The molecule has 2 saturated heterocycles. The topological polar surface area (TPSA) is 101 Å². The molecule has 4 aliphatic rings. The molecule has 9 heteroatoms. The van der Waals surface area contributed by atoms with Crippen LogP contribution in [0.5, 0.6) is 0 Å². The number of hydrogen-bond donors (Lipinski definition) is 0. The van der Waals surface area contributed by atoms with E-state index in [4.69, 9.17) is 0 Å². The second-order valence-electron chi connectivity index (χ2n) is 9.56. The lowest BCUT2D eigenvalue weighted by Crippen LogP contribution is -2.46. The molecule has 0 N–H and O–H groups in total. The largest absolute Gasteiger partial charge is 0.341 e. The second-order valence-corrected chi connectivity index (χ2v) is 9.56. The van der Waals surface area contributed by atoms with Crippen molar-refractivity contribution in [2.75, 3.05) is 19.6 Å². The van der Waals surface area contributed by atoms with E-state index in [9.17, 15) is 14.4 Å². The van der Waals surface area contributed by atoms with Crippen LogP contribution in [0, 0.1) is 23.7 Å². The molecular formula is C23H26N6O3. The predicted molar refractivity (Wildman–Crippen MR) is 113 cm³/mol. The van der Waals surface area contributed by atoms with Crippen molar-refractivity contribution in [3.8, 4) is 11.4 Å². The molecule has 0 unspecified atom stereocenters. The quantitative estimate of drug-likeness (QED) is 0.677. The van der Waals surface area contributed by atoms with Gasteiger partial charge in [0, 0.05) is 18.7 Å². The summed E-state index contributed by atoms with van der Waals surface area (Å²) in [5, 5.41) is 12.9. The van der Waals surface area contributed by atoms with Gasteiger partial charge >= 0.3 is 0 Å². The third-order valence-electron chi connectivity index (χ3n) is 7.92. The first kappa shape index (κ1) is 19.6. The fraction of sp³-hybridized carbons (Fsp3) is 0.565. The fourth-order valence-corrected chi connectivity index (χ4v) is 6.29. The number of rotatable bonds is 4. The summed E-state index contributed by atoms with van der Waals surface area (Å²) in [4.78, 5) is 43.3. The molecular weight excluding hydrogens is 408 g/mol. The Labute approximate surface area is 185 Å². The summed E-state index contributed by atoms with van der Waals surface area (Å²) in [6, 6.07) is 9.79. The van der Waals surface area contributed by atoms with Crippen molar-refractivity contribution in [3.63, 3.8) is 0 Å². The highest BCUT2D eigenvalue weighted by atomic mass is 16.2. The van der Waals surface area contributed by atoms with Crippen LogP contribution in [-0.2, 0) is 14.4 Å². The first-order valence-electron chi connectivity index (χ1n) is 11.6. The maximum absolute atomic E-state index is 12.9. The van der Waals surface area contributed by atoms with Crippen LogP contribution in [0.4, 0.5) is 0 Å². The van der Waals surface area contributed by atoms with Crippen LogP contribution in [0.15, 0.2) is 30.3 Å². The summed E-state index contributed by atoms with van der Waals surface area (Å²) in [5.74, 6) is 0.561. The van der Waals surface area contributed by atoms with Gasteiger partial charge in [0.1, 0.15) is 6.54 Å². The number of aromatic nitrogens is 4. The third-order valence-corrected chi connectivity index (χ3v) is 7.92. The van der Waals surface area contributed by atoms with Crippen LogP contribution < -0.4 is 0 Å². The van der Waals surface area contributed by atoms with Crippen LogP contribution in [0.2, 0.25) is 0 Å². The number of carbonyl (C=O) groups excluding carboxylic acids is 3. The van der Waals surface area contributed by atoms with E-state index in [1.807, 2.05) is 30.3 Å². The Morgan fingerprint density at radius 2 is 1.59 bits per heavy atom. The number of likely N-dealkylation sites (tertiary alicyclic amines) is 2. The number of hydrogen-bond acceptors (Lipinski definition) is 6. The van der Waals surface area contributed by atoms with E-state index in [1.54, 1.807) is 9.70 Å². The SMILES string of the molecule is O=C(CN1C(=O)[C@H]2[C@H]3CC[C@@H](C3)[C@@H]2C1=O)N1CCC(n2nnc(-c3ccccc3)n2)CC1. The van der Waals surface area contributed by atoms with Gasteiger partial charge in [-0.2, -0.15) is 4.80 Å². The number of piperidine rings is 1. The van der Waals surface area contributed by atoms with Gasteiger partial charge in [-0.3, -0.25) is 19.3 Å². The maximum Gasteiger partial charge on any atom is 0.242 e. The molecule has 4 fully saturated rings. The van der Waals surface area contributed by atoms with E-state index < -0.39 is 0 Å². The zero-order valence-electron chi connectivity index (χ0n) is 17.8. The fourth-order valence-electron chi connectivity index (χ4n) is 6.29. The second kappa shape index (κ2) is 7.50. The highest BCUT2D eigenvalue weighted by Gasteiger charge is 2.61. The van der Waals surface area contributed by atoms with Crippen LogP contribution in [0.25, 0.3) is 11.4 Å². The van der Waals surface area contributed by atoms with Gasteiger partial charge in [-0.1, -0.05) is 30.3 Å². The monoisotopic (exact) mass is 434 g/mol. The summed E-state index contributed by atoms with van der Waals surface area (Å²) >= 11 is 0. The van der Waals surface area contributed by atoms with Gasteiger partial charge in [-0.15, -0.1) is 10.2 Å². The van der Waals surface area contributed by atoms with Crippen molar-refractivity contribution in [1.29, 1.82) is 0 Å². The zero-order chi connectivity index (χ0) is 21.8. The zero-order valence-corrected chi connectivity index (χ0v) is 17.8.